The number of nitrogens with zero attached hydrogens (tertiary/aromatic N) is 1. The number of hydrogen-bond donors (Lipinski definition) is 1. The summed E-state index contributed by atoms with van der Waals surface area (Å²) in [5.74, 6) is -1.62. The van der Waals surface area contributed by atoms with Crippen LogP contribution in [0.15, 0.2) is 28.7 Å². The second-order valence-electron chi connectivity index (χ2n) is 3.89. The zero-order valence-corrected chi connectivity index (χ0v) is 12.1. The number of aromatic carboxylic acids is 1. The van der Waals surface area contributed by atoms with Gasteiger partial charge in [-0.3, -0.25) is 0 Å². The standard InChI is InChI=1S/C12H7BrF3NO2S/c13-7-3-1-2-6(4-7)5-8-17-10(12(14,15)16)9(20-8)11(18)19/h1-4H,5H2,(H,18,19). The van der Waals surface area contributed by atoms with E-state index in [1.165, 1.54) is 0 Å². The van der Waals surface area contributed by atoms with Gasteiger partial charge in [0.1, 0.15) is 4.88 Å². The van der Waals surface area contributed by atoms with Gasteiger partial charge in [0, 0.05) is 10.9 Å². The summed E-state index contributed by atoms with van der Waals surface area (Å²) in [6.07, 6.45) is -4.61. The molecule has 0 amide bonds. The fourth-order valence-electron chi connectivity index (χ4n) is 1.60. The fraction of sp³-hybridized carbons (Fsp3) is 0.167. The van der Waals surface area contributed by atoms with Crippen LogP contribution in [0.1, 0.15) is 25.9 Å². The van der Waals surface area contributed by atoms with Crippen molar-refractivity contribution in [3.8, 4) is 0 Å². The SMILES string of the molecule is O=C(O)c1sc(Cc2cccc(Br)c2)nc1C(F)(F)F. The lowest BCUT2D eigenvalue weighted by molar-refractivity contribution is -0.141. The molecule has 0 fully saturated rings. The van der Waals surface area contributed by atoms with E-state index in [0.29, 0.717) is 11.3 Å². The highest BCUT2D eigenvalue weighted by Crippen LogP contribution is 2.35. The Morgan fingerprint density at radius 1 is 1.40 bits per heavy atom. The van der Waals surface area contributed by atoms with E-state index >= 15 is 0 Å². The molecule has 2 aromatic rings. The highest BCUT2D eigenvalue weighted by molar-refractivity contribution is 9.10. The number of thiazole rings is 1. The number of rotatable bonds is 3. The first kappa shape index (κ1) is 15.0. The van der Waals surface area contributed by atoms with E-state index in [9.17, 15) is 18.0 Å². The topological polar surface area (TPSA) is 50.2 Å². The number of benzene rings is 1. The average molecular weight is 366 g/mol. The van der Waals surface area contributed by atoms with E-state index in [2.05, 4.69) is 20.9 Å². The maximum Gasteiger partial charge on any atom is 0.435 e. The van der Waals surface area contributed by atoms with Crippen LogP contribution in [0.2, 0.25) is 0 Å². The maximum absolute atomic E-state index is 12.7. The molecular formula is C12H7BrF3NO2S. The van der Waals surface area contributed by atoms with Crippen LogP contribution < -0.4 is 0 Å². The van der Waals surface area contributed by atoms with Gasteiger partial charge in [-0.15, -0.1) is 11.3 Å². The molecule has 0 radical (unpaired) electrons. The normalized spacial score (nSPS) is 11.6. The summed E-state index contributed by atoms with van der Waals surface area (Å²) in [7, 11) is 0. The van der Waals surface area contributed by atoms with Gasteiger partial charge in [0.05, 0.1) is 5.01 Å². The molecule has 1 aromatic heterocycles. The van der Waals surface area contributed by atoms with Crippen LogP contribution in [-0.4, -0.2) is 16.1 Å². The van der Waals surface area contributed by atoms with Gasteiger partial charge in [0.15, 0.2) is 5.69 Å². The molecule has 0 aliphatic rings. The summed E-state index contributed by atoms with van der Waals surface area (Å²) < 4.78 is 38.9. The number of aromatic nitrogens is 1. The van der Waals surface area contributed by atoms with E-state index in [-0.39, 0.29) is 11.4 Å². The molecule has 0 saturated carbocycles. The van der Waals surface area contributed by atoms with Gasteiger partial charge in [0.25, 0.3) is 0 Å². The predicted octanol–water partition coefficient (Wildman–Crippen LogP) is 4.21. The molecule has 0 spiro atoms. The lowest BCUT2D eigenvalue weighted by Gasteiger charge is -2.02. The molecule has 1 heterocycles. The Balaban J connectivity index is 2.37. The summed E-state index contributed by atoms with van der Waals surface area (Å²) in [4.78, 5) is 13.5. The molecule has 1 aromatic carbocycles. The minimum absolute atomic E-state index is 0.118. The molecule has 0 saturated heterocycles. The fourth-order valence-corrected chi connectivity index (χ4v) is 3.00. The molecule has 0 atom stereocenters. The lowest BCUT2D eigenvalue weighted by Crippen LogP contribution is -2.11. The van der Waals surface area contributed by atoms with Crippen LogP contribution in [0, 0.1) is 0 Å². The molecule has 0 aliphatic heterocycles. The van der Waals surface area contributed by atoms with Crippen LogP contribution in [0.4, 0.5) is 13.2 Å². The van der Waals surface area contributed by atoms with Crippen molar-refractivity contribution >= 4 is 33.2 Å². The zero-order valence-electron chi connectivity index (χ0n) is 9.74. The number of carboxylic acid groups (broad SMARTS) is 1. The minimum atomic E-state index is -4.76. The number of carboxylic acids is 1. The summed E-state index contributed by atoms with van der Waals surface area (Å²) in [5, 5.41) is 8.93. The third-order valence-corrected chi connectivity index (χ3v) is 3.92. The Labute approximate surface area is 124 Å². The Bertz CT molecular complexity index is 654. The zero-order chi connectivity index (χ0) is 14.9. The van der Waals surface area contributed by atoms with Crippen molar-refractivity contribution in [3.63, 3.8) is 0 Å². The molecule has 0 unspecified atom stereocenters. The number of halogens is 4. The van der Waals surface area contributed by atoms with Crippen LogP contribution in [0.25, 0.3) is 0 Å². The first-order chi connectivity index (χ1) is 9.27. The van der Waals surface area contributed by atoms with Crippen LogP contribution in [0.3, 0.4) is 0 Å². The summed E-state index contributed by atoms with van der Waals surface area (Å²) in [6, 6.07) is 7.01. The molecule has 2 rings (SSSR count). The number of carbonyl (C=O) groups is 1. The molecule has 106 valence electrons. The van der Waals surface area contributed by atoms with Gasteiger partial charge in [-0.2, -0.15) is 13.2 Å². The second-order valence-corrected chi connectivity index (χ2v) is 5.89. The first-order valence-electron chi connectivity index (χ1n) is 5.32. The first-order valence-corrected chi connectivity index (χ1v) is 6.93. The van der Waals surface area contributed by atoms with Gasteiger partial charge in [0.2, 0.25) is 0 Å². The van der Waals surface area contributed by atoms with Gasteiger partial charge in [-0.05, 0) is 17.7 Å². The van der Waals surface area contributed by atoms with Crippen LogP contribution >= 0.6 is 27.3 Å². The molecule has 8 heteroatoms. The van der Waals surface area contributed by atoms with Gasteiger partial charge in [-0.25, -0.2) is 9.78 Å². The average Bonchev–Trinajstić information content (AvgIpc) is 2.73. The van der Waals surface area contributed by atoms with Crippen molar-refractivity contribution in [1.82, 2.24) is 4.98 Å². The van der Waals surface area contributed by atoms with Gasteiger partial charge in [-0.1, -0.05) is 28.1 Å². The molecule has 20 heavy (non-hydrogen) atoms. The van der Waals surface area contributed by atoms with Gasteiger partial charge >= 0.3 is 12.1 Å². The molecular weight excluding hydrogens is 359 g/mol. The molecule has 3 nitrogen and oxygen atoms in total. The summed E-state index contributed by atoms with van der Waals surface area (Å²) >= 11 is 3.81. The molecule has 1 N–H and O–H groups in total. The van der Waals surface area contributed by atoms with Crippen LogP contribution in [-0.2, 0) is 12.6 Å². The summed E-state index contributed by atoms with van der Waals surface area (Å²) in [6.45, 7) is 0. The van der Waals surface area contributed by atoms with E-state index in [0.717, 1.165) is 10.0 Å². The second kappa shape index (κ2) is 5.53. The van der Waals surface area contributed by atoms with E-state index in [1.807, 2.05) is 0 Å². The number of alkyl halides is 3. The van der Waals surface area contributed by atoms with Crippen molar-refractivity contribution in [1.29, 1.82) is 0 Å². The molecule has 0 aliphatic carbocycles. The lowest BCUT2D eigenvalue weighted by atomic mass is 10.2. The number of hydrogen-bond acceptors (Lipinski definition) is 3. The third-order valence-electron chi connectivity index (χ3n) is 2.38. The van der Waals surface area contributed by atoms with E-state index < -0.39 is 22.7 Å². The van der Waals surface area contributed by atoms with E-state index in [4.69, 9.17) is 5.11 Å². The summed E-state index contributed by atoms with van der Waals surface area (Å²) in [5.41, 5.74) is -0.584. The van der Waals surface area contributed by atoms with Crippen molar-refractivity contribution < 1.29 is 23.1 Å². The minimum Gasteiger partial charge on any atom is -0.477 e. The van der Waals surface area contributed by atoms with Gasteiger partial charge < -0.3 is 5.11 Å². The highest BCUT2D eigenvalue weighted by Gasteiger charge is 2.39. The van der Waals surface area contributed by atoms with E-state index in [1.54, 1.807) is 24.3 Å². The quantitative estimate of drug-likeness (QED) is 0.885. The van der Waals surface area contributed by atoms with Crippen molar-refractivity contribution in [2.45, 2.75) is 12.6 Å². The maximum atomic E-state index is 12.7. The van der Waals surface area contributed by atoms with Crippen molar-refractivity contribution in [3.05, 3.63) is 49.9 Å². The van der Waals surface area contributed by atoms with Crippen molar-refractivity contribution in [2.24, 2.45) is 0 Å². The Morgan fingerprint density at radius 3 is 2.60 bits per heavy atom. The highest BCUT2D eigenvalue weighted by atomic mass is 79.9. The van der Waals surface area contributed by atoms with Crippen molar-refractivity contribution in [2.75, 3.05) is 0 Å². The largest absolute Gasteiger partial charge is 0.477 e. The third kappa shape index (κ3) is 3.37. The Hall–Kier alpha value is -1.41. The van der Waals surface area contributed by atoms with Crippen LogP contribution in [0.5, 0.6) is 0 Å². The predicted molar refractivity (Wildman–Crippen MR) is 71.0 cm³/mol. The molecule has 0 bridgehead atoms. The monoisotopic (exact) mass is 365 g/mol. The smallest absolute Gasteiger partial charge is 0.435 e. The Morgan fingerprint density at radius 2 is 2.10 bits per heavy atom. The Kier molecular flexibility index (Phi) is 4.14.